The molecule has 0 bridgehead atoms. The number of rotatable bonds is 1. The fraction of sp³-hybridized carbons (Fsp3) is 0.846. The van der Waals surface area contributed by atoms with E-state index >= 15 is 0 Å². The first-order valence-electron chi connectivity index (χ1n) is 6.11. The minimum absolute atomic E-state index is 0.0531. The van der Waals surface area contributed by atoms with Crippen LogP contribution in [0.3, 0.4) is 0 Å². The monoisotopic (exact) mass is 194 g/mol. The molecule has 1 heteroatoms. The molecular weight excluding hydrogens is 172 g/mol. The SMILES string of the molecule is CC[C@H]1C(C)CCC2=CCC[C@H](O)C21. The summed E-state index contributed by atoms with van der Waals surface area (Å²) < 4.78 is 0. The maximum Gasteiger partial charge on any atom is 0.0611 e. The summed E-state index contributed by atoms with van der Waals surface area (Å²) in [5, 5.41) is 10.1. The smallest absolute Gasteiger partial charge is 0.0611 e. The molecule has 2 aliphatic rings. The van der Waals surface area contributed by atoms with E-state index in [4.69, 9.17) is 0 Å². The maximum absolute atomic E-state index is 10.1. The molecule has 0 radical (unpaired) electrons. The molecule has 0 aromatic heterocycles. The van der Waals surface area contributed by atoms with Gasteiger partial charge in [0.25, 0.3) is 0 Å². The van der Waals surface area contributed by atoms with Crippen molar-refractivity contribution in [1.29, 1.82) is 0 Å². The van der Waals surface area contributed by atoms with Gasteiger partial charge in [-0.3, -0.25) is 0 Å². The molecule has 1 N–H and O–H groups in total. The molecule has 14 heavy (non-hydrogen) atoms. The Hall–Kier alpha value is -0.300. The van der Waals surface area contributed by atoms with Gasteiger partial charge in [-0.2, -0.15) is 0 Å². The number of hydrogen-bond acceptors (Lipinski definition) is 1. The van der Waals surface area contributed by atoms with Gasteiger partial charge in [0, 0.05) is 5.92 Å². The summed E-state index contributed by atoms with van der Waals surface area (Å²) in [6, 6.07) is 0. The Bertz CT molecular complexity index is 231. The predicted octanol–water partition coefficient (Wildman–Crippen LogP) is 3.14. The van der Waals surface area contributed by atoms with Crippen LogP contribution < -0.4 is 0 Å². The van der Waals surface area contributed by atoms with Gasteiger partial charge in [0.1, 0.15) is 0 Å². The molecule has 0 aromatic carbocycles. The van der Waals surface area contributed by atoms with Crippen molar-refractivity contribution in [2.24, 2.45) is 17.8 Å². The third-order valence-corrected chi connectivity index (χ3v) is 4.26. The molecule has 4 atom stereocenters. The Morgan fingerprint density at radius 2 is 2.21 bits per heavy atom. The van der Waals surface area contributed by atoms with Crippen LogP contribution in [0.5, 0.6) is 0 Å². The van der Waals surface area contributed by atoms with Gasteiger partial charge >= 0.3 is 0 Å². The van der Waals surface area contributed by atoms with Gasteiger partial charge in [-0.15, -0.1) is 0 Å². The molecule has 0 spiro atoms. The lowest BCUT2D eigenvalue weighted by Gasteiger charge is -2.42. The van der Waals surface area contributed by atoms with Crippen molar-refractivity contribution in [3.05, 3.63) is 11.6 Å². The number of hydrogen-bond donors (Lipinski definition) is 1. The Kier molecular flexibility index (Phi) is 2.96. The fourth-order valence-electron chi connectivity index (χ4n) is 3.45. The van der Waals surface area contributed by atoms with Crippen molar-refractivity contribution in [3.8, 4) is 0 Å². The van der Waals surface area contributed by atoms with Gasteiger partial charge in [-0.25, -0.2) is 0 Å². The van der Waals surface area contributed by atoms with Crippen LogP contribution >= 0.6 is 0 Å². The Balaban J connectivity index is 2.22. The summed E-state index contributed by atoms with van der Waals surface area (Å²) in [7, 11) is 0. The number of allylic oxidation sites excluding steroid dienone is 1. The van der Waals surface area contributed by atoms with E-state index < -0.39 is 0 Å². The van der Waals surface area contributed by atoms with Gasteiger partial charge in [-0.1, -0.05) is 31.9 Å². The zero-order valence-corrected chi connectivity index (χ0v) is 9.37. The van der Waals surface area contributed by atoms with E-state index in [1.54, 1.807) is 5.57 Å². The molecular formula is C13H22O. The van der Waals surface area contributed by atoms with Crippen LogP contribution in [0, 0.1) is 17.8 Å². The summed E-state index contributed by atoms with van der Waals surface area (Å²) in [4.78, 5) is 0. The highest BCUT2D eigenvalue weighted by Crippen LogP contribution is 2.44. The van der Waals surface area contributed by atoms with Crippen LogP contribution in [0.25, 0.3) is 0 Å². The highest BCUT2D eigenvalue weighted by molar-refractivity contribution is 5.17. The van der Waals surface area contributed by atoms with Crippen LogP contribution in [0.4, 0.5) is 0 Å². The minimum atomic E-state index is -0.0531. The van der Waals surface area contributed by atoms with E-state index in [2.05, 4.69) is 19.9 Å². The van der Waals surface area contributed by atoms with Gasteiger partial charge in [0.2, 0.25) is 0 Å². The van der Waals surface area contributed by atoms with Crippen LogP contribution in [0.15, 0.2) is 11.6 Å². The molecule has 1 saturated carbocycles. The summed E-state index contributed by atoms with van der Waals surface area (Å²) in [6.07, 6.45) is 8.21. The first-order valence-corrected chi connectivity index (χ1v) is 6.11. The fourth-order valence-corrected chi connectivity index (χ4v) is 3.45. The molecule has 2 rings (SSSR count). The van der Waals surface area contributed by atoms with Crippen molar-refractivity contribution < 1.29 is 5.11 Å². The normalized spacial score (nSPS) is 42.9. The Morgan fingerprint density at radius 3 is 2.93 bits per heavy atom. The lowest BCUT2D eigenvalue weighted by molar-refractivity contribution is 0.0432. The second-order valence-electron chi connectivity index (χ2n) is 5.04. The predicted molar refractivity (Wildman–Crippen MR) is 59.0 cm³/mol. The van der Waals surface area contributed by atoms with Gasteiger partial charge < -0.3 is 5.11 Å². The van der Waals surface area contributed by atoms with E-state index in [1.165, 1.54) is 19.3 Å². The van der Waals surface area contributed by atoms with Gasteiger partial charge in [-0.05, 0) is 37.5 Å². The van der Waals surface area contributed by atoms with Crippen molar-refractivity contribution in [3.63, 3.8) is 0 Å². The molecule has 0 aliphatic heterocycles. The van der Waals surface area contributed by atoms with E-state index in [9.17, 15) is 5.11 Å². The van der Waals surface area contributed by atoms with Crippen LogP contribution in [-0.4, -0.2) is 11.2 Å². The lowest BCUT2D eigenvalue weighted by atomic mass is 9.64. The highest BCUT2D eigenvalue weighted by Gasteiger charge is 2.38. The number of fused-ring (bicyclic) bond motifs is 1. The molecule has 1 nitrogen and oxygen atoms in total. The van der Waals surface area contributed by atoms with Crippen molar-refractivity contribution in [2.45, 2.75) is 52.1 Å². The molecule has 2 aliphatic carbocycles. The quantitative estimate of drug-likeness (QED) is 0.636. The van der Waals surface area contributed by atoms with Crippen molar-refractivity contribution >= 4 is 0 Å². The zero-order chi connectivity index (χ0) is 10.1. The summed E-state index contributed by atoms with van der Waals surface area (Å²) in [5.41, 5.74) is 1.56. The zero-order valence-electron chi connectivity index (χ0n) is 9.37. The van der Waals surface area contributed by atoms with Crippen LogP contribution in [-0.2, 0) is 0 Å². The van der Waals surface area contributed by atoms with E-state index in [0.29, 0.717) is 5.92 Å². The first-order chi connectivity index (χ1) is 6.74. The third-order valence-electron chi connectivity index (χ3n) is 4.26. The Labute approximate surface area is 87.2 Å². The van der Waals surface area contributed by atoms with E-state index in [1.807, 2.05) is 0 Å². The second kappa shape index (κ2) is 4.06. The van der Waals surface area contributed by atoms with Crippen molar-refractivity contribution in [1.82, 2.24) is 0 Å². The number of aliphatic hydroxyl groups excluding tert-OH is 1. The van der Waals surface area contributed by atoms with Crippen LogP contribution in [0.1, 0.15) is 46.0 Å². The summed E-state index contributed by atoms with van der Waals surface area (Å²) in [6.45, 7) is 4.62. The second-order valence-corrected chi connectivity index (χ2v) is 5.04. The largest absolute Gasteiger partial charge is 0.392 e. The van der Waals surface area contributed by atoms with Crippen molar-refractivity contribution in [2.75, 3.05) is 0 Å². The lowest BCUT2D eigenvalue weighted by Crippen LogP contribution is -2.38. The topological polar surface area (TPSA) is 20.2 Å². The van der Waals surface area contributed by atoms with Gasteiger partial charge in [0.05, 0.1) is 6.10 Å². The Morgan fingerprint density at radius 1 is 1.43 bits per heavy atom. The molecule has 2 unspecified atom stereocenters. The minimum Gasteiger partial charge on any atom is -0.392 e. The molecule has 0 saturated heterocycles. The molecule has 0 heterocycles. The molecule has 0 aromatic rings. The maximum atomic E-state index is 10.1. The van der Waals surface area contributed by atoms with E-state index in [-0.39, 0.29) is 6.10 Å². The third kappa shape index (κ3) is 1.63. The molecule has 0 amide bonds. The standard InChI is InChI=1S/C13H22O/c1-3-11-9(2)7-8-10-5-4-6-12(14)13(10)11/h5,9,11-14H,3-4,6-8H2,1-2H3/t9?,11-,12-,13?/m0/s1. The highest BCUT2D eigenvalue weighted by atomic mass is 16.3. The van der Waals surface area contributed by atoms with Crippen LogP contribution in [0.2, 0.25) is 0 Å². The summed E-state index contributed by atoms with van der Waals surface area (Å²) >= 11 is 0. The average molecular weight is 194 g/mol. The number of aliphatic hydroxyl groups is 1. The molecule has 1 fully saturated rings. The summed E-state index contributed by atoms with van der Waals surface area (Å²) in [5.74, 6) is 2.03. The molecule has 80 valence electrons. The average Bonchev–Trinajstić information content (AvgIpc) is 2.19. The first kappa shape index (κ1) is 10.2. The van der Waals surface area contributed by atoms with E-state index in [0.717, 1.165) is 24.7 Å². The van der Waals surface area contributed by atoms with Gasteiger partial charge in [0.15, 0.2) is 0 Å².